The molecule has 1 aromatic carbocycles. The van der Waals surface area contributed by atoms with Crippen molar-refractivity contribution in [3.63, 3.8) is 0 Å². The van der Waals surface area contributed by atoms with Gasteiger partial charge in [-0.1, -0.05) is 23.9 Å². The summed E-state index contributed by atoms with van der Waals surface area (Å²) in [7, 11) is 0. The number of amides is 1. The molecule has 1 aromatic heterocycles. The Kier molecular flexibility index (Phi) is 6.99. The van der Waals surface area contributed by atoms with Crippen LogP contribution in [0.4, 0.5) is 5.69 Å². The van der Waals surface area contributed by atoms with Crippen LogP contribution in [0.3, 0.4) is 0 Å². The van der Waals surface area contributed by atoms with Crippen molar-refractivity contribution >= 4 is 35.1 Å². The van der Waals surface area contributed by atoms with Gasteiger partial charge in [0.15, 0.2) is 5.16 Å². The summed E-state index contributed by atoms with van der Waals surface area (Å²) in [6.45, 7) is 7.99. The molecule has 0 atom stereocenters. The van der Waals surface area contributed by atoms with E-state index in [1.54, 1.807) is 0 Å². The van der Waals surface area contributed by atoms with Gasteiger partial charge in [0.25, 0.3) is 0 Å². The second-order valence-electron chi connectivity index (χ2n) is 6.20. The van der Waals surface area contributed by atoms with Crippen LogP contribution in [0.2, 0.25) is 0 Å². The van der Waals surface area contributed by atoms with E-state index in [2.05, 4.69) is 32.5 Å². The Morgan fingerprint density at radius 1 is 1.31 bits per heavy atom. The first-order chi connectivity index (χ1) is 12.7. The number of nitrogens with zero attached hydrogens (tertiary/aromatic N) is 4. The zero-order valence-electron chi connectivity index (χ0n) is 15.3. The number of anilines is 1. The van der Waals surface area contributed by atoms with E-state index in [1.165, 1.54) is 28.8 Å². The van der Waals surface area contributed by atoms with Crippen molar-refractivity contribution in [2.24, 2.45) is 0 Å². The smallest absolute Gasteiger partial charge is 0.234 e. The molecule has 2 heterocycles. The predicted molar refractivity (Wildman–Crippen MR) is 109 cm³/mol. The number of hydrogen-bond acceptors (Lipinski definition) is 6. The average molecular weight is 392 g/mol. The van der Waals surface area contributed by atoms with Crippen molar-refractivity contribution in [2.75, 3.05) is 35.7 Å². The number of rotatable bonds is 7. The summed E-state index contributed by atoms with van der Waals surface area (Å²) in [6, 6.07) is 8.15. The molecule has 1 N–H and O–H groups in total. The predicted octanol–water partition coefficient (Wildman–Crippen LogP) is 2.89. The molecule has 3 rings (SSSR count). The molecule has 1 fully saturated rings. The first kappa shape index (κ1) is 19.3. The van der Waals surface area contributed by atoms with Gasteiger partial charge in [-0.25, -0.2) is 0 Å². The zero-order chi connectivity index (χ0) is 18.4. The number of thioether (sulfide) groups is 2. The van der Waals surface area contributed by atoms with Crippen LogP contribution >= 0.6 is 23.5 Å². The molecule has 140 valence electrons. The molecule has 0 aliphatic carbocycles. The molecule has 1 aliphatic heterocycles. The molecular formula is C18H25N5OS2. The van der Waals surface area contributed by atoms with Crippen molar-refractivity contribution in [1.29, 1.82) is 0 Å². The number of carbonyl (C=O) groups is 1. The fourth-order valence-corrected chi connectivity index (χ4v) is 4.75. The number of nitrogens with one attached hydrogen (secondary N) is 1. The molecule has 26 heavy (non-hydrogen) atoms. The Labute approximate surface area is 163 Å². The van der Waals surface area contributed by atoms with Crippen molar-refractivity contribution in [2.45, 2.75) is 32.1 Å². The summed E-state index contributed by atoms with van der Waals surface area (Å²) in [4.78, 5) is 14.8. The Hall–Kier alpha value is -1.51. The van der Waals surface area contributed by atoms with Crippen molar-refractivity contribution in [3.05, 3.63) is 35.7 Å². The molecule has 8 heteroatoms. The lowest BCUT2D eigenvalue weighted by Gasteiger charge is -2.26. The lowest BCUT2D eigenvalue weighted by atomic mass is 10.2. The molecule has 0 bridgehead atoms. The SMILES string of the molecule is CCn1c(C)nnc1SCC(=O)Nc1cccc(CN2CCSCC2)c1. The van der Waals surface area contributed by atoms with E-state index in [4.69, 9.17) is 0 Å². The fraction of sp³-hybridized carbons (Fsp3) is 0.500. The van der Waals surface area contributed by atoms with Gasteiger partial charge in [-0.15, -0.1) is 10.2 Å². The molecule has 2 aromatic rings. The molecule has 0 saturated carbocycles. The van der Waals surface area contributed by atoms with Crippen LogP contribution < -0.4 is 5.32 Å². The van der Waals surface area contributed by atoms with Crippen LogP contribution in [0, 0.1) is 6.92 Å². The van der Waals surface area contributed by atoms with Crippen LogP contribution in [-0.2, 0) is 17.9 Å². The number of aromatic nitrogens is 3. The summed E-state index contributed by atoms with van der Waals surface area (Å²) >= 11 is 3.44. The molecule has 0 spiro atoms. The first-order valence-corrected chi connectivity index (χ1v) is 11.0. The highest BCUT2D eigenvalue weighted by molar-refractivity contribution is 7.99. The Morgan fingerprint density at radius 2 is 2.12 bits per heavy atom. The molecule has 1 amide bonds. The van der Waals surface area contributed by atoms with Gasteiger partial charge in [0.1, 0.15) is 5.82 Å². The minimum Gasteiger partial charge on any atom is -0.325 e. The number of hydrogen-bond donors (Lipinski definition) is 1. The van der Waals surface area contributed by atoms with E-state index in [9.17, 15) is 4.79 Å². The standard InChI is InChI=1S/C18H25N5OS2/c1-3-23-14(2)20-21-18(23)26-13-17(24)19-16-6-4-5-15(11-16)12-22-7-9-25-10-8-22/h4-6,11H,3,7-10,12-13H2,1-2H3,(H,19,24). The molecular weight excluding hydrogens is 366 g/mol. The largest absolute Gasteiger partial charge is 0.325 e. The third-order valence-corrected chi connectivity index (χ3v) is 6.18. The summed E-state index contributed by atoms with van der Waals surface area (Å²) in [5, 5.41) is 12.0. The van der Waals surface area contributed by atoms with Gasteiger partial charge in [-0.05, 0) is 31.5 Å². The summed E-state index contributed by atoms with van der Waals surface area (Å²) in [6.07, 6.45) is 0. The van der Waals surface area contributed by atoms with E-state index in [1.807, 2.05) is 42.3 Å². The summed E-state index contributed by atoms with van der Waals surface area (Å²) in [5.41, 5.74) is 2.09. The Bertz CT molecular complexity index is 743. The minimum absolute atomic E-state index is 0.0233. The summed E-state index contributed by atoms with van der Waals surface area (Å²) in [5.74, 6) is 3.58. The number of benzene rings is 1. The highest BCUT2D eigenvalue weighted by Crippen LogP contribution is 2.19. The third kappa shape index (κ3) is 5.25. The highest BCUT2D eigenvalue weighted by atomic mass is 32.2. The maximum absolute atomic E-state index is 12.3. The zero-order valence-corrected chi connectivity index (χ0v) is 16.9. The average Bonchev–Trinajstić information content (AvgIpc) is 3.01. The van der Waals surface area contributed by atoms with E-state index >= 15 is 0 Å². The number of carbonyl (C=O) groups excluding carboxylic acids is 1. The minimum atomic E-state index is -0.0233. The van der Waals surface area contributed by atoms with Crippen LogP contribution in [0.15, 0.2) is 29.4 Å². The topological polar surface area (TPSA) is 63.1 Å². The highest BCUT2D eigenvalue weighted by Gasteiger charge is 2.12. The van der Waals surface area contributed by atoms with E-state index in [0.717, 1.165) is 42.8 Å². The van der Waals surface area contributed by atoms with E-state index in [0.29, 0.717) is 5.75 Å². The summed E-state index contributed by atoms with van der Waals surface area (Å²) < 4.78 is 2.01. The van der Waals surface area contributed by atoms with Crippen molar-refractivity contribution < 1.29 is 4.79 Å². The molecule has 1 saturated heterocycles. The van der Waals surface area contributed by atoms with E-state index < -0.39 is 0 Å². The van der Waals surface area contributed by atoms with Gasteiger partial charge in [0.2, 0.25) is 5.91 Å². The third-order valence-electron chi connectivity index (χ3n) is 4.27. The Morgan fingerprint density at radius 3 is 2.88 bits per heavy atom. The van der Waals surface area contributed by atoms with Crippen molar-refractivity contribution in [1.82, 2.24) is 19.7 Å². The van der Waals surface area contributed by atoms with Gasteiger partial charge >= 0.3 is 0 Å². The molecule has 1 aliphatic rings. The second-order valence-corrected chi connectivity index (χ2v) is 8.37. The molecule has 0 unspecified atom stereocenters. The van der Waals surface area contributed by atoms with Crippen LogP contribution in [-0.4, -0.2) is 55.9 Å². The lowest BCUT2D eigenvalue weighted by Crippen LogP contribution is -2.31. The number of aryl methyl sites for hydroxylation is 1. The maximum Gasteiger partial charge on any atom is 0.234 e. The quantitative estimate of drug-likeness (QED) is 0.732. The lowest BCUT2D eigenvalue weighted by molar-refractivity contribution is -0.113. The van der Waals surface area contributed by atoms with Gasteiger partial charge in [0.05, 0.1) is 5.75 Å². The van der Waals surface area contributed by atoms with Gasteiger partial charge in [-0.2, -0.15) is 11.8 Å². The second kappa shape index (κ2) is 9.43. The Balaban J connectivity index is 1.53. The van der Waals surface area contributed by atoms with Gasteiger partial charge in [0, 0.05) is 43.4 Å². The van der Waals surface area contributed by atoms with Crippen LogP contribution in [0.25, 0.3) is 0 Å². The molecule has 0 radical (unpaired) electrons. The fourth-order valence-electron chi connectivity index (χ4n) is 2.92. The molecule has 6 nitrogen and oxygen atoms in total. The normalized spacial score (nSPS) is 15.2. The van der Waals surface area contributed by atoms with Gasteiger partial charge in [-0.3, -0.25) is 9.69 Å². The monoisotopic (exact) mass is 391 g/mol. The van der Waals surface area contributed by atoms with Crippen LogP contribution in [0.1, 0.15) is 18.3 Å². The van der Waals surface area contributed by atoms with Crippen LogP contribution in [0.5, 0.6) is 0 Å². The van der Waals surface area contributed by atoms with Crippen molar-refractivity contribution in [3.8, 4) is 0 Å². The maximum atomic E-state index is 12.3. The van der Waals surface area contributed by atoms with Gasteiger partial charge < -0.3 is 9.88 Å². The first-order valence-electron chi connectivity index (χ1n) is 8.87. The van der Waals surface area contributed by atoms with E-state index in [-0.39, 0.29) is 5.91 Å².